The predicted octanol–water partition coefficient (Wildman–Crippen LogP) is 1.67. The van der Waals surface area contributed by atoms with Crippen LogP contribution in [0, 0.1) is 0 Å². The van der Waals surface area contributed by atoms with Gasteiger partial charge in [0.1, 0.15) is 0 Å². The van der Waals surface area contributed by atoms with Crippen molar-refractivity contribution in [3.8, 4) is 0 Å². The summed E-state index contributed by atoms with van der Waals surface area (Å²) in [6, 6.07) is 7.42. The zero-order valence-corrected chi connectivity index (χ0v) is 9.95. The van der Waals surface area contributed by atoms with Gasteiger partial charge in [-0.25, -0.2) is 0 Å². The highest BCUT2D eigenvalue weighted by molar-refractivity contribution is 5.97. The molecule has 4 nitrogen and oxygen atoms in total. The van der Waals surface area contributed by atoms with E-state index in [0.717, 1.165) is 10.9 Å². The molecular weight excluding hydrogens is 216 g/mol. The Bertz CT molecular complexity index is 538. The Morgan fingerprint density at radius 2 is 2.18 bits per heavy atom. The number of aromatic amines is 1. The average Bonchev–Trinajstić information content (AvgIpc) is 2.71. The van der Waals surface area contributed by atoms with Crippen molar-refractivity contribution in [2.24, 2.45) is 0 Å². The van der Waals surface area contributed by atoms with E-state index in [9.17, 15) is 9.90 Å². The Labute approximate surface area is 99.7 Å². The van der Waals surface area contributed by atoms with Crippen LogP contribution in [0.1, 0.15) is 24.2 Å². The van der Waals surface area contributed by atoms with Gasteiger partial charge < -0.3 is 15.4 Å². The summed E-state index contributed by atoms with van der Waals surface area (Å²) in [7, 11) is 0. The van der Waals surface area contributed by atoms with Crippen LogP contribution in [0.25, 0.3) is 10.9 Å². The molecule has 0 aliphatic carbocycles. The number of carbonyl (C=O) groups excluding carboxylic acids is 1. The van der Waals surface area contributed by atoms with E-state index in [-0.39, 0.29) is 12.5 Å². The number of nitrogens with one attached hydrogen (secondary N) is 2. The quantitative estimate of drug-likeness (QED) is 0.753. The molecule has 1 amide bonds. The number of hydrogen-bond donors (Lipinski definition) is 3. The lowest BCUT2D eigenvalue weighted by Crippen LogP contribution is -2.38. The third-order valence-electron chi connectivity index (χ3n) is 2.50. The highest BCUT2D eigenvalue weighted by Gasteiger charge is 2.14. The first-order valence-electron chi connectivity index (χ1n) is 5.53. The molecule has 4 heteroatoms. The number of H-pyrrole nitrogens is 1. The molecule has 0 saturated heterocycles. The van der Waals surface area contributed by atoms with Crippen molar-refractivity contribution < 1.29 is 9.90 Å². The molecule has 1 aromatic carbocycles. The van der Waals surface area contributed by atoms with Crippen LogP contribution in [0.15, 0.2) is 30.5 Å². The van der Waals surface area contributed by atoms with E-state index in [2.05, 4.69) is 10.3 Å². The fraction of sp³-hybridized carbons (Fsp3) is 0.308. The van der Waals surface area contributed by atoms with Crippen molar-refractivity contribution in [2.45, 2.75) is 19.4 Å². The molecule has 3 N–H and O–H groups in total. The summed E-state index contributed by atoms with van der Waals surface area (Å²) < 4.78 is 0. The first-order chi connectivity index (χ1) is 7.96. The molecule has 90 valence electrons. The number of benzene rings is 1. The van der Waals surface area contributed by atoms with Crippen LogP contribution in [-0.2, 0) is 0 Å². The Hall–Kier alpha value is -1.81. The summed E-state index contributed by atoms with van der Waals surface area (Å²) in [5, 5.41) is 13.3. The van der Waals surface area contributed by atoms with Crippen molar-refractivity contribution in [1.82, 2.24) is 10.3 Å². The molecule has 0 bridgehead atoms. The van der Waals surface area contributed by atoms with E-state index in [1.807, 2.05) is 18.3 Å². The Morgan fingerprint density at radius 3 is 2.88 bits per heavy atom. The van der Waals surface area contributed by atoms with Crippen LogP contribution >= 0.6 is 0 Å². The second-order valence-electron chi connectivity index (χ2n) is 4.77. The number of amides is 1. The van der Waals surface area contributed by atoms with Crippen molar-refractivity contribution >= 4 is 16.8 Å². The molecular formula is C13H16N2O2. The van der Waals surface area contributed by atoms with E-state index in [1.165, 1.54) is 0 Å². The minimum Gasteiger partial charge on any atom is -0.389 e. The fourth-order valence-electron chi connectivity index (χ4n) is 1.59. The van der Waals surface area contributed by atoms with Crippen LogP contribution in [0.3, 0.4) is 0 Å². The molecule has 0 atom stereocenters. The van der Waals surface area contributed by atoms with Gasteiger partial charge in [-0.3, -0.25) is 4.79 Å². The lowest BCUT2D eigenvalue weighted by atomic mass is 10.1. The minimum atomic E-state index is -0.897. The third-order valence-corrected chi connectivity index (χ3v) is 2.50. The fourth-order valence-corrected chi connectivity index (χ4v) is 1.59. The Morgan fingerprint density at radius 1 is 1.41 bits per heavy atom. The van der Waals surface area contributed by atoms with Crippen molar-refractivity contribution in [3.05, 3.63) is 36.0 Å². The number of rotatable bonds is 3. The van der Waals surface area contributed by atoms with Crippen molar-refractivity contribution in [2.75, 3.05) is 6.54 Å². The number of fused-ring (bicyclic) bond motifs is 1. The van der Waals surface area contributed by atoms with Gasteiger partial charge in [0.15, 0.2) is 0 Å². The van der Waals surface area contributed by atoms with Gasteiger partial charge in [-0.15, -0.1) is 0 Å². The van der Waals surface area contributed by atoms with Crippen LogP contribution in [0.4, 0.5) is 0 Å². The van der Waals surface area contributed by atoms with E-state index in [0.29, 0.717) is 5.56 Å². The third kappa shape index (κ3) is 2.85. The van der Waals surface area contributed by atoms with Crippen molar-refractivity contribution in [3.63, 3.8) is 0 Å². The molecule has 0 aliphatic rings. The van der Waals surface area contributed by atoms with Gasteiger partial charge in [0.25, 0.3) is 5.91 Å². The molecule has 0 fully saturated rings. The summed E-state index contributed by atoms with van der Waals surface area (Å²) in [6.45, 7) is 3.54. The maximum absolute atomic E-state index is 11.8. The van der Waals surface area contributed by atoms with Gasteiger partial charge in [0.2, 0.25) is 0 Å². The predicted molar refractivity (Wildman–Crippen MR) is 66.9 cm³/mol. The SMILES string of the molecule is CC(C)(O)CNC(=O)c1ccc2cc[nH]c2c1. The number of hydrogen-bond acceptors (Lipinski definition) is 2. The van der Waals surface area contributed by atoms with Crippen LogP contribution in [-0.4, -0.2) is 28.1 Å². The molecule has 2 aromatic rings. The average molecular weight is 232 g/mol. The van der Waals surface area contributed by atoms with Crippen molar-refractivity contribution in [1.29, 1.82) is 0 Å². The second kappa shape index (κ2) is 4.22. The molecule has 0 spiro atoms. The Kier molecular flexibility index (Phi) is 2.90. The number of aromatic nitrogens is 1. The highest BCUT2D eigenvalue weighted by atomic mass is 16.3. The largest absolute Gasteiger partial charge is 0.389 e. The van der Waals surface area contributed by atoms with E-state index >= 15 is 0 Å². The maximum Gasteiger partial charge on any atom is 0.251 e. The molecule has 17 heavy (non-hydrogen) atoms. The summed E-state index contributed by atoms with van der Waals surface area (Å²) in [6.07, 6.45) is 1.84. The minimum absolute atomic E-state index is 0.177. The lowest BCUT2D eigenvalue weighted by molar-refractivity contribution is 0.0694. The molecule has 0 aliphatic heterocycles. The second-order valence-corrected chi connectivity index (χ2v) is 4.77. The summed E-state index contributed by atoms with van der Waals surface area (Å²) in [4.78, 5) is 14.9. The van der Waals surface area contributed by atoms with Gasteiger partial charge in [-0.1, -0.05) is 6.07 Å². The van der Waals surface area contributed by atoms with Crippen LogP contribution in [0.5, 0.6) is 0 Å². The van der Waals surface area contributed by atoms with E-state index in [4.69, 9.17) is 0 Å². The van der Waals surface area contributed by atoms with Gasteiger partial charge >= 0.3 is 0 Å². The summed E-state index contributed by atoms with van der Waals surface area (Å²) in [5.41, 5.74) is 0.622. The van der Waals surface area contributed by atoms with E-state index < -0.39 is 5.60 Å². The highest BCUT2D eigenvalue weighted by Crippen LogP contribution is 2.14. The van der Waals surface area contributed by atoms with Gasteiger partial charge in [-0.05, 0) is 37.4 Å². The van der Waals surface area contributed by atoms with Crippen LogP contribution < -0.4 is 5.32 Å². The molecule has 0 saturated carbocycles. The molecule has 1 aromatic heterocycles. The van der Waals surface area contributed by atoms with Gasteiger partial charge in [0, 0.05) is 23.8 Å². The maximum atomic E-state index is 11.8. The lowest BCUT2D eigenvalue weighted by Gasteiger charge is -2.17. The first kappa shape index (κ1) is 11.7. The first-order valence-corrected chi connectivity index (χ1v) is 5.53. The standard InChI is InChI=1S/C13H16N2O2/c1-13(2,17)8-15-12(16)10-4-3-9-5-6-14-11(9)7-10/h3-7,14,17H,8H2,1-2H3,(H,15,16). The smallest absolute Gasteiger partial charge is 0.251 e. The van der Waals surface area contributed by atoms with E-state index in [1.54, 1.807) is 26.0 Å². The van der Waals surface area contributed by atoms with Gasteiger partial charge in [-0.2, -0.15) is 0 Å². The zero-order chi connectivity index (χ0) is 12.5. The summed E-state index contributed by atoms with van der Waals surface area (Å²) in [5.74, 6) is -0.177. The number of carbonyl (C=O) groups is 1. The normalized spacial score (nSPS) is 11.7. The Balaban J connectivity index is 2.13. The summed E-state index contributed by atoms with van der Waals surface area (Å²) >= 11 is 0. The monoisotopic (exact) mass is 232 g/mol. The molecule has 1 heterocycles. The van der Waals surface area contributed by atoms with Gasteiger partial charge in [0.05, 0.1) is 5.60 Å². The molecule has 2 rings (SSSR count). The molecule has 0 radical (unpaired) electrons. The molecule has 0 unspecified atom stereocenters. The number of aliphatic hydroxyl groups is 1. The van der Waals surface area contributed by atoms with Crippen LogP contribution in [0.2, 0.25) is 0 Å². The zero-order valence-electron chi connectivity index (χ0n) is 9.95. The topological polar surface area (TPSA) is 65.1 Å².